The van der Waals surface area contributed by atoms with Gasteiger partial charge in [0.15, 0.2) is 36.7 Å². The standard InChI is InChI=1S/C7H4Br2O2.C7H4Cl2O2.C7H5FO2.C7H4I2O2/c2*8-5-1-4(3-10)7(11)6(9)2-5;8-6-3-1-2-5(4-9)7(6)10;8-5-1-4(3-10)7(11)6(9)2-5/h2*1-3,11H;1-4,10H;1-3,11H. The average Bonchev–Trinajstić information content (AvgIpc) is 2.97. The number of carbonyl (C=O) groups excluding carboxylic acids is 4. The molecule has 0 amide bonds. The Morgan fingerprint density at radius 2 is 1.19 bits per heavy atom. The van der Waals surface area contributed by atoms with Gasteiger partial charge in [-0.15, -0.1) is 0 Å². The second-order valence-corrected chi connectivity index (χ2v) is 12.6. The third-order valence-electron chi connectivity index (χ3n) is 4.70. The molecule has 0 heterocycles. The van der Waals surface area contributed by atoms with Crippen LogP contribution in [0.3, 0.4) is 0 Å². The molecular formula is C28H17Br2Cl2FI2O8. The summed E-state index contributed by atoms with van der Waals surface area (Å²) in [6.45, 7) is 0. The topological polar surface area (TPSA) is 149 Å². The third-order valence-corrected chi connectivity index (χ3v) is 7.71. The molecule has 0 fully saturated rings. The van der Waals surface area contributed by atoms with Gasteiger partial charge in [0.1, 0.15) is 17.2 Å². The maximum Gasteiger partial charge on any atom is 0.165 e. The normalized spacial score (nSPS) is 9.56. The number of phenols is 4. The number of rotatable bonds is 4. The van der Waals surface area contributed by atoms with Crippen molar-refractivity contribution in [2.24, 2.45) is 0 Å². The number of hydrogen-bond donors (Lipinski definition) is 4. The Morgan fingerprint density at radius 1 is 0.651 bits per heavy atom. The van der Waals surface area contributed by atoms with Gasteiger partial charge in [0.05, 0.1) is 35.3 Å². The van der Waals surface area contributed by atoms with E-state index in [0.717, 1.165) is 14.1 Å². The number of para-hydroxylation sites is 1. The fraction of sp³-hybridized carbons (Fsp3) is 0. The van der Waals surface area contributed by atoms with Gasteiger partial charge >= 0.3 is 0 Å². The molecule has 0 saturated carbocycles. The Morgan fingerprint density at radius 3 is 1.72 bits per heavy atom. The molecule has 0 radical (unpaired) electrons. The van der Waals surface area contributed by atoms with E-state index >= 15 is 0 Å². The minimum absolute atomic E-state index is 0.0248. The van der Waals surface area contributed by atoms with Crippen molar-refractivity contribution in [1.29, 1.82) is 0 Å². The van der Waals surface area contributed by atoms with Gasteiger partial charge in [-0.25, -0.2) is 4.39 Å². The van der Waals surface area contributed by atoms with Crippen LogP contribution in [0.5, 0.6) is 23.0 Å². The Bertz CT molecular complexity index is 1500. The summed E-state index contributed by atoms with van der Waals surface area (Å²) in [5.74, 6) is -1.54. The highest BCUT2D eigenvalue weighted by Crippen LogP contribution is 2.31. The first-order valence-corrected chi connectivity index (χ1v) is 15.5. The molecule has 43 heavy (non-hydrogen) atoms. The van der Waals surface area contributed by atoms with Crippen LogP contribution in [0, 0.1) is 13.0 Å². The van der Waals surface area contributed by atoms with Crippen molar-refractivity contribution in [2.75, 3.05) is 0 Å². The summed E-state index contributed by atoms with van der Waals surface area (Å²) in [7, 11) is 0. The van der Waals surface area contributed by atoms with Crippen LogP contribution < -0.4 is 0 Å². The lowest BCUT2D eigenvalue weighted by atomic mass is 10.2. The van der Waals surface area contributed by atoms with Crippen molar-refractivity contribution in [3.05, 3.63) is 109 Å². The molecule has 15 heteroatoms. The predicted octanol–water partition coefficient (Wildman–Crippen LogP) is 9.00. The first-order valence-electron chi connectivity index (χ1n) is 11.0. The van der Waals surface area contributed by atoms with Crippen LogP contribution in [0.2, 0.25) is 10.0 Å². The molecule has 0 aliphatic rings. The Labute approximate surface area is 298 Å². The van der Waals surface area contributed by atoms with Crippen molar-refractivity contribution in [3.63, 3.8) is 0 Å². The van der Waals surface area contributed by atoms with Gasteiger partial charge in [-0.05, 0) is 110 Å². The van der Waals surface area contributed by atoms with E-state index < -0.39 is 11.6 Å². The first kappa shape index (κ1) is 38.7. The quantitative estimate of drug-likeness (QED) is 0.117. The zero-order valence-corrected chi connectivity index (χ0v) is 30.1. The molecule has 0 aliphatic carbocycles. The Hall–Kier alpha value is -2.31. The van der Waals surface area contributed by atoms with E-state index in [1.54, 1.807) is 18.2 Å². The molecule has 4 aromatic carbocycles. The first-order chi connectivity index (χ1) is 20.2. The number of aldehydes is 4. The second kappa shape index (κ2) is 19.2. The largest absolute Gasteiger partial charge is 0.506 e. The maximum absolute atomic E-state index is 12.4. The highest BCUT2D eigenvalue weighted by molar-refractivity contribution is 14.1. The van der Waals surface area contributed by atoms with Crippen LogP contribution in [-0.2, 0) is 0 Å². The molecular weight excluding hydrogens is 968 g/mol. The van der Waals surface area contributed by atoms with Crippen molar-refractivity contribution >= 4 is 125 Å². The van der Waals surface area contributed by atoms with Crippen molar-refractivity contribution < 1.29 is 44.0 Å². The Balaban J connectivity index is 0.000000287. The van der Waals surface area contributed by atoms with E-state index in [-0.39, 0.29) is 39.0 Å². The zero-order chi connectivity index (χ0) is 32.9. The molecule has 0 aliphatic heterocycles. The van der Waals surface area contributed by atoms with E-state index in [1.807, 2.05) is 28.7 Å². The van der Waals surface area contributed by atoms with Crippen LogP contribution in [-0.4, -0.2) is 45.6 Å². The molecule has 0 unspecified atom stereocenters. The lowest BCUT2D eigenvalue weighted by molar-refractivity contribution is 0.111. The monoisotopic (exact) mass is 982 g/mol. The molecule has 4 N–H and O–H groups in total. The number of carbonyl (C=O) groups is 4. The summed E-state index contributed by atoms with van der Waals surface area (Å²) in [6.07, 6.45) is 2.15. The average molecular weight is 985 g/mol. The summed E-state index contributed by atoms with van der Waals surface area (Å²) in [5.41, 5.74) is 0.690. The number of benzene rings is 4. The van der Waals surface area contributed by atoms with Gasteiger partial charge in [0.25, 0.3) is 0 Å². The summed E-state index contributed by atoms with van der Waals surface area (Å²) >= 11 is 21.4. The highest BCUT2D eigenvalue weighted by atomic mass is 127. The van der Waals surface area contributed by atoms with Gasteiger partial charge in [-0.1, -0.05) is 45.2 Å². The minimum Gasteiger partial charge on any atom is -0.506 e. The van der Waals surface area contributed by atoms with Crippen LogP contribution in [0.4, 0.5) is 4.39 Å². The lowest BCUT2D eigenvalue weighted by Crippen LogP contribution is -1.86. The molecule has 0 spiro atoms. The maximum atomic E-state index is 12.4. The van der Waals surface area contributed by atoms with Crippen molar-refractivity contribution in [3.8, 4) is 23.0 Å². The minimum atomic E-state index is -0.774. The number of hydrogen-bond acceptors (Lipinski definition) is 8. The summed E-state index contributed by atoms with van der Waals surface area (Å²) in [6, 6.07) is 13.2. The molecule has 4 rings (SSSR count). The van der Waals surface area contributed by atoms with Gasteiger partial charge in [0.2, 0.25) is 0 Å². The van der Waals surface area contributed by atoms with E-state index in [9.17, 15) is 33.8 Å². The van der Waals surface area contributed by atoms with E-state index in [1.165, 1.54) is 24.3 Å². The third kappa shape index (κ3) is 12.3. The van der Waals surface area contributed by atoms with Crippen LogP contribution >= 0.6 is 100 Å². The zero-order valence-electron chi connectivity index (χ0n) is 21.1. The summed E-state index contributed by atoms with van der Waals surface area (Å²) in [5, 5.41) is 36.8. The van der Waals surface area contributed by atoms with Gasteiger partial charge < -0.3 is 20.4 Å². The number of halogens is 7. The lowest BCUT2D eigenvalue weighted by Gasteiger charge is -2.00. The summed E-state index contributed by atoms with van der Waals surface area (Å²) in [4.78, 5) is 41.0. The van der Waals surface area contributed by atoms with Crippen LogP contribution in [0.1, 0.15) is 41.4 Å². The van der Waals surface area contributed by atoms with Gasteiger partial charge in [-0.2, -0.15) is 0 Å². The van der Waals surface area contributed by atoms with Gasteiger partial charge in [0, 0.05) is 13.1 Å². The molecule has 8 nitrogen and oxygen atoms in total. The van der Waals surface area contributed by atoms with E-state index in [0.29, 0.717) is 43.8 Å². The number of phenolic OH excluding ortho intramolecular Hbond substituents is 4. The molecule has 226 valence electrons. The van der Waals surface area contributed by atoms with Crippen molar-refractivity contribution in [1.82, 2.24) is 0 Å². The summed E-state index contributed by atoms with van der Waals surface area (Å²) < 4.78 is 15.3. The van der Waals surface area contributed by atoms with Crippen LogP contribution in [0.25, 0.3) is 0 Å². The fourth-order valence-electron chi connectivity index (χ4n) is 2.65. The predicted molar refractivity (Wildman–Crippen MR) is 185 cm³/mol. The number of aromatic hydroxyl groups is 4. The smallest absolute Gasteiger partial charge is 0.165 e. The molecule has 0 aromatic heterocycles. The van der Waals surface area contributed by atoms with E-state index in [2.05, 4.69) is 54.5 Å². The van der Waals surface area contributed by atoms with Crippen molar-refractivity contribution in [2.45, 2.75) is 0 Å². The fourth-order valence-corrected chi connectivity index (χ4v) is 6.31. The molecule has 0 saturated heterocycles. The van der Waals surface area contributed by atoms with E-state index in [4.69, 9.17) is 33.4 Å². The van der Waals surface area contributed by atoms with Gasteiger partial charge in [-0.3, -0.25) is 19.2 Å². The van der Waals surface area contributed by atoms with Crippen LogP contribution in [0.15, 0.2) is 63.5 Å². The highest BCUT2D eigenvalue weighted by Gasteiger charge is 2.07. The SMILES string of the molecule is O=Cc1cc(Br)cc(Br)c1O.O=Cc1cc(Cl)cc(Cl)c1O.O=Cc1cc(I)cc(I)c1O.O=Cc1cccc(F)c1O. The second-order valence-electron chi connectivity index (χ2n) is 7.63. The Kier molecular flexibility index (Phi) is 17.2. The molecule has 0 bridgehead atoms. The molecule has 4 aromatic rings. The molecule has 0 atom stereocenters.